The topological polar surface area (TPSA) is 208 Å². The molecule has 0 aliphatic carbocycles. The number of ether oxygens (including phenoxy) is 2. The predicted octanol–water partition coefficient (Wildman–Crippen LogP) is 8.45. The molecule has 0 amide bonds. The van der Waals surface area contributed by atoms with Crippen molar-refractivity contribution in [1.82, 2.24) is 9.80 Å². The minimum Gasteiger partial charge on any atom is -0.464 e. The molecule has 0 aromatic heterocycles. The average Bonchev–Trinajstić information content (AvgIpc) is 3.31. The molecule has 4 rings (SSSR count). The molecule has 0 unspecified atom stereocenters. The third-order valence-corrected chi connectivity index (χ3v) is 12.5. The van der Waals surface area contributed by atoms with Gasteiger partial charge in [-0.05, 0) is 105 Å². The van der Waals surface area contributed by atoms with E-state index in [9.17, 15) is 49.2 Å². The number of hydrogen-bond donors (Lipinski definition) is 4. The molecule has 0 atom stereocenters. The lowest BCUT2D eigenvalue weighted by atomic mass is 9.91. The monoisotopic (exact) mass is 993 g/mol. The van der Waals surface area contributed by atoms with Gasteiger partial charge in [0, 0.05) is 48.2 Å². The van der Waals surface area contributed by atoms with Gasteiger partial charge in [-0.25, -0.2) is 0 Å². The molecule has 390 valence electrons. The Morgan fingerprint density at radius 3 is 0.806 bits per heavy atom. The highest BCUT2D eigenvalue weighted by molar-refractivity contribution is 6.03. The van der Waals surface area contributed by atoms with Crippen LogP contribution in [0.5, 0.6) is 0 Å². The van der Waals surface area contributed by atoms with Gasteiger partial charge in [0.1, 0.15) is 35.6 Å². The molecule has 4 aromatic carbocycles. The fourth-order valence-corrected chi connectivity index (χ4v) is 8.34. The Balaban J connectivity index is 1.19. The molecule has 14 heteroatoms. The van der Waals surface area contributed by atoms with E-state index in [1.807, 2.05) is 72.4 Å². The van der Waals surface area contributed by atoms with E-state index < -0.39 is 45.5 Å². The van der Waals surface area contributed by atoms with Crippen LogP contribution in [-0.2, 0) is 19.1 Å². The summed E-state index contributed by atoms with van der Waals surface area (Å²) in [6.45, 7) is 12.6. The van der Waals surface area contributed by atoms with Crippen molar-refractivity contribution in [3.63, 3.8) is 0 Å². The van der Waals surface area contributed by atoms with E-state index in [1.54, 1.807) is 48.5 Å². The largest absolute Gasteiger partial charge is 0.464 e. The van der Waals surface area contributed by atoms with E-state index in [-0.39, 0.29) is 50.1 Å². The number of rotatable bonds is 29. The number of unbranched alkanes of at least 4 members (excludes halogenated alkanes) is 5. The van der Waals surface area contributed by atoms with Crippen molar-refractivity contribution in [3.8, 4) is 0 Å². The Kier molecular flexibility index (Phi) is 21.1. The zero-order valence-electron chi connectivity index (χ0n) is 43.8. The van der Waals surface area contributed by atoms with Crippen molar-refractivity contribution in [2.24, 2.45) is 0 Å². The van der Waals surface area contributed by atoms with Crippen molar-refractivity contribution >= 4 is 35.1 Å². The summed E-state index contributed by atoms with van der Waals surface area (Å²) in [6, 6.07) is 27.2. The SMILES string of the molecule is CN(CCOC(=O)CCCCCCCCC(=O)OCCN(C)C(c1ccc(C(=O)C(C)(C)O)cc1)c1ccc(C(=O)C(C)(C)O)cc1)C(c1ccc(C(=O)C(C)(C)O)cc1)c1ccc(C(=O)C(C)(C)O)cc1. The number of carbonyl (C=O) groups is 6. The van der Waals surface area contributed by atoms with E-state index in [0.29, 0.717) is 48.2 Å². The molecule has 0 radical (unpaired) electrons. The van der Waals surface area contributed by atoms with Crippen LogP contribution in [0.2, 0.25) is 0 Å². The Bertz CT molecular complexity index is 2120. The Morgan fingerprint density at radius 1 is 0.389 bits per heavy atom. The lowest BCUT2D eigenvalue weighted by Crippen LogP contribution is -2.32. The van der Waals surface area contributed by atoms with Gasteiger partial charge in [0.15, 0.2) is 23.1 Å². The van der Waals surface area contributed by atoms with E-state index >= 15 is 0 Å². The number of benzene rings is 4. The van der Waals surface area contributed by atoms with Gasteiger partial charge in [0.05, 0.1) is 12.1 Å². The summed E-state index contributed by atoms with van der Waals surface area (Å²) in [5, 5.41) is 41.0. The quantitative estimate of drug-likeness (QED) is 0.0229. The van der Waals surface area contributed by atoms with Crippen molar-refractivity contribution in [2.45, 2.75) is 141 Å². The number of aliphatic hydroxyl groups is 4. The fourth-order valence-electron chi connectivity index (χ4n) is 8.34. The third kappa shape index (κ3) is 17.5. The predicted molar refractivity (Wildman–Crippen MR) is 276 cm³/mol. The Morgan fingerprint density at radius 2 is 0.597 bits per heavy atom. The first-order valence-electron chi connectivity index (χ1n) is 24.8. The highest BCUT2D eigenvalue weighted by atomic mass is 16.5. The highest BCUT2D eigenvalue weighted by Gasteiger charge is 2.30. The number of esters is 2. The molecule has 14 nitrogen and oxygen atoms in total. The molecule has 4 aromatic rings. The van der Waals surface area contributed by atoms with Crippen LogP contribution in [0, 0.1) is 0 Å². The van der Waals surface area contributed by atoms with Gasteiger partial charge in [-0.2, -0.15) is 0 Å². The molecule has 0 aliphatic rings. The molecule has 0 aliphatic heterocycles. The number of Topliss-reactive ketones (excluding diaryl/α,β-unsaturated/α-hetero) is 4. The molecule has 72 heavy (non-hydrogen) atoms. The zero-order chi connectivity index (χ0) is 53.6. The summed E-state index contributed by atoms with van der Waals surface area (Å²) in [5.74, 6) is -2.20. The van der Waals surface area contributed by atoms with E-state index in [0.717, 1.165) is 47.9 Å². The molecule has 0 heterocycles. The van der Waals surface area contributed by atoms with Gasteiger partial charge < -0.3 is 29.9 Å². The second-order valence-corrected chi connectivity index (χ2v) is 20.9. The van der Waals surface area contributed by atoms with Crippen molar-refractivity contribution in [1.29, 1.82) is 0 Å². The van der Waals surface area contributed by atoms with Gasteiger partial charge in [-0.1, -0.05) is 123 Å². The van der Waals surface area contributed by atoms with E-state index in [1.165, 1.54) is 55.4 Å². The van der Waals surface area contributed by atoms with Crippen molar-refractivity contribution in [3.05, 3.63) is 142 Å². The molecule has 4 N–H and O–H groups in total. The van der Waals surface area contributed by atoms with Gasteiger partial charge in [-0.3, -0.25) is 38.6 Å². The summed E-state index contributed by atoms with van der Waals surface area (Å²) in [4.78, 5) is 80.3. The van der Waals surface area contributed by atoms with Crippen LogP contribution in [0.1, 0.15) is 183 Å². The lowest BCUT2D eigenvalue weighted by Gasteiger charge is -2.29. The number of carbonyl (C=O) groups excluding carboxylic acids is 6. The van der Waals surface area contributed by atoms with Gasteiger partial charge in [0.2, 0.25) is 0 Å². The smallest absolute Gasteiger partial charge is 0.305 e. The summed E-state index contributed by atoms with van der Waals surface area (Å²) in [6.07, 6.45) is 5.38. The third-order valence-electron chi connectivity index (χ3n) is 12.5. The molecule has 0 bridgehead atoms. The fraction of sp³-hybridized carbons (Fsp3) is 0.483. The van der Waals surface area contributed by atoms with Crippen LogP contribution >= 0.6 is 0 Å². The zero-order valence-corrected chi connectivity index (χ0v) is 43.8. The van der Waals surface area contributed by atoms with Crippen LogP contribution < -0.4 is 0 Å². The molecule has 0 spiro atoms. The first-order chi connectivity index (χ1) is 33.6. The Hall–Kier alpha value is -5.74. The summed E-state index contributed by atoms with van der Waals surface area (Å²) < 4.78 is 11.2. The standard InChI is InChI=1S/C58H76N2O12/c1-55(2,67)51(63)43-27-19-39(20-28-43)49(40-21-29-44(30-22-40)52(64)56(3,4)68)59(9)35-37-71-47(61)17-15-13-11-12-14-16-18-48(62)72-38-36-60(10)50(41-23-31-45(32-24-41)53(65)57(5,6)69)42-25-33-46(34-26-42)54(66)58(7,8)70/h19-34,49-50,67-70H,11-18,35-38H2,1-10H3. The number of hydrogen-bond acceptors (Lipinski definition) is 14. The summed E-state index contributed by atoms with van der Waals surface area (Å²) in [7, 11) is 3.78. The maximum absolute atomic E-state index is 12.7. The normalized spacial score (nSPS) is 12.4. The van der Waals surface area contributed by atoms with Gasteiger partial charge in [-0.15, -0.1) is 0 Å². The first-order valence-corrected chi connectivity index (χ1v) is 24.8. The molecule has 0 saturated heterocycles. The first kappa shape index (κ1) is 58.8. The Labute approximate surface area is 425 Å². The van der Waals surface area contributed by atoms with Gasteiger partial charge in [0.25, 0.3) is 0 Å². The number of nitrogens with zero attached hydrogens (tertiary/aromatic N) is 2. The molecule has 0 saturated carbocycles. The van der Waals surface area contributed by atoms with E-state index in [4.69, 9.17) is 9.47 Å². The van der Waals surface area contributed by atoms with Crippen LogP contribution in [0.4, 0.5) is 0 Å². The highest BCUT2D eigenvalue weighted by Crippen LogP contribution is 2.31. The minimum atomic E-state index is -1.52. The van der Waals surface area contributed by atoms with Crippen molar-refractivity contribution in [2.75, 3.05) is 40.4 Å². The molecule has 0 fully saturated rings. The van der Waals surface area contributed by atoms with Crippen LogP contribution in [0.25, 0.3) is 0 Å². The second kappa shape index (κ2) is 25.8. The summed E-state index contributed by atoms with van der Waals surface area (Å²) in [5.41, 5.74) is -1.25. The van der Waals surface area contributed by atoms with Crippen LogP contribution in [0.3, 0.4) is 0 Å². The van der Waals surface area contributed by atoms with Crippen molar-refractivity contribution < 1.29 is 58.7 Å². The number of likely N-dealkylation sites (N-methyl/N-ethyl adjacent to an activating group) is 2. The lowest BCUT2D eigenvalue weighted by molar-refractivity contribution is -0.145. The van der Waals surface area contributed by atoms with Crippen LogP contribution in [0.15, 0.2) is 97.1 Å². The summed E-state index contributed by atoms with van der Waals surface area (Å²) >= 11 is 0. The second-order valence-electron chi connectivity index (χ2n) is 20.9. The maximum Gasteiger partial charge on any atom is 0.305 e. The molecular formula is C58H76N2O12. The molecular weight excluding hydrogens is 917 g/mol. The van der Waals surface area contributed by atoms with E-state index in [2.05, 4.69) is 0 Å². The minimum absolute atomic E-state index is 0.146. The maximum atomic E-state index is 12.7. The van der Waals surface area contributed by atoms with Crippen LogP contribution in [-0.4, -0.2) is 128 Å². The van der Waals surface area contributed by atoms with Gasteiger partial charge >= 0.3 is 11.9 Å². The number of ketones is 4. The average molecular weight is 993 g/mol.